The van der Waals surface area contributed by atoms with Gasteiger partial charge in [-0.05, 0) is 22.4 Å². The predicted molar refractivity (Wildman–Crippen MR) is 55.9 cm³/mol. The van der Waals surface area contributed by atoms with E-state index in [0.29, 0.717) is 16.7 Å². The van der Waals surface area contributed by atoms with Gasteiger partial charge in [-0.1, -0.05) is 18.6 Å². The van der Waals surface area contributed by atoms with E-state index >= 15 is 0 Å². The highest BCUT2D eigenvalue weighted by Crippen LogP contribution is 2.14. The predicted octanol–water partition coefficient (Wildman–Crippen LogP) is 0.888. The third-order valence-electron chi connectivity index (χ3n) is 1.96. The number of hydrogen-bond donors (Lipinski definition) is 1. The summed E-state index contributed by atoms with van der Waals surface area (Å²) < 4.78 is 1.89. The molecule has 1 rings (SSSR count). The summed E-state index contributed by atoms with van der Waals surface area (Å²) in [5.41, 5.74) is 6.15. The molecule has 0 amide bonds. The topological polar surface area (TPSA) is 73.8 Å². The smallest absolute Gasteiger partial charge is 0.200 e. The molecule has 0 aliphatic rings. The number of aryl methyl sites for hydroxylation is 1. The molecule has 0 aromatic carbocycles. The summed E-state index contributed by atoms with van der Waals surface area (Å²) in [7, 11) is 1.67. The van der Waals surface area contributed by atoms with Crippen LogP contribution in [-0.4, -0.2) is 26.8 Å². The highest BCUT2D eigenvalue weighted by atomic mass is 79.9. The summed E-state index contributed by atoms with van der Waals surface area (Å²) in [6, 6.07) is -0.464. The van der Waals surface area contributed by atoms with Crippen molar-refractivity contribution in [2.24, 2.45) is 12.8 Å². The molecule has 5 nitrogen and oxygen atoms in total. The van der Waals surface area contributed by atoms with Crippen LogP contribution in [0, 0.1) is 0 Å². The number of carbonyl (C=O) groups excluding carboxylic acids is 1. The molecule has 78 valence electrons. The Morgan fingerprint density at radius 2 is 2.36 bits per heavy atom. The molecule has 0 radical (unpaired) electrons. The first-order valence-corrected chi connectivity index (χ1v) is 5.22. The van der Waals surface area contributed by atoms with Crippen LogP contribution in [-0.2, 0) is 7.05 Å². The van der Waals surface area contributed by atoms with Crippen molar-refractivity contribution < 1.29 is 4.79 Å². The molecule has 0 bridgehead atoms. The lowest BCUT2D eigenvalue weighted by Crippen LogP contribution is -2.31. The van der Waals surface area contributed by atoms with Crippen LogP contribution in [0.1, 0.15) is 30.3 Å². The van der Waals surface area contributed by atoms with Gasteiger partial charge in [-0.15, -0.1) is 5.10 Å². The van der Waals surface area contributed by atoms with Crippen molar-refractivity contribution in [1.82, 2.24) is 15.0 Å². The van der Waals surface area contributed by atoms with Crippen molar-refractivity contribution in [3.63, 3.8) is 0 Å². The van der Waals surface area contributed by atoms with Gasteiger partial charge in [0.25, 0.3) is 0 Å². The van der Waals surface area contributed by atoms with Gasteiger partial charge in [-0.25, -0.2) is 4.68 Å². The van der Waals surface area contributed by atoms with Gasteiger partial charge in [0.2, 0.25) is 0 Å². The van der Waals surface area contributed by atoms with Crippen molar-refractivity contribution >= 4 is 21.7 Å². The van der Waals surface area contributed by atoms with Crippen LogP contribution in [0.2, 0.25) is 0 Å². The molecule has 6 heteroatoms. The number of nitrogens with two attached hydrogens (primary N) is 1. The highest BCUT2D eigenvalue weighted by molar-refractivity contribution is 9.10. The molecule has 0 saturated carbocycles. The second-order valence-electron chi connectivity index (χ2n) is 3.11. The average molecular weight is 261 g/mol. The molecule has 1 heterocycles. The molecule has 0 aliphatic carbocycles. The number of Topliss-reactive ketones (excluding diaryl/α,β-unsaturated/α-hetero) is 1. The van der Waals surface area contributed by atoms with E-state index in [4.69, 9.17) is 5.73 Å². The van der Waals surface area contributed by atoms with Gasteiger partial charge in [-0.2, -0.15) is 0 Å². The molecule has 1 aromatic rings. The fraction of sp³-hybridized carbons (Fsp3) is 0.625. The maximum absolute atomic E-state index is 11.8. The molecule has 0 fully saturated rings. The van der Waals surface area contributed by atoms with Gasteiger partial charge < -0.3 is 5.73 Å². The lowest BCUT2D eigenvalue weighted by Gasteiger charge is -2.08. The Labute approximate surface area is 90.8 Å². The van der Waals surface area contributed by atoms with Gasteiger partial charge in [0.15, 0.2) is 10.4 Å². The Morgan fingerprint density at radius 3 is 2.79 bits per heavy atom. The largest absolute Gasteiger partial charge is 0.321 e. The zero-order valence-corrected chi connectivity index (χ0v) is 9.78. The Bertz CT molecular complexity index is 317. The van der Waals surface area contributed by atoms with E-state index in [1.807, 2.05) is 6.92 Å². The van der Waals surface area contributed by atoms with Crippen LogP contribution in [0.5, 0.6) is 0 Å². The van der Waals surface area contributed by atoms with E-state index < -0.39 is 6.04 Å². The fourth-order valence-corrected chi connectivity index (χ4v) is 1.73. The van der Waals surface area contributed by atoms with E-state index in [2.05, 4.69) is 26.2 Å². The van der Waals surface area contributed by atoms with Crippen LogP contribution in [0.25, 0.3) is 0 Å². The van der Waals surface area contributed by atoms with E-state index in [9.17, 15) is 4.79 Å². The molecule has 14 heavy (non-hydrogen) atoms. The zero-order valence-electron chi connectivity index (χ0n) is 8.20. The fourth-order valence-electron chi connectivity index (χ4n) is 1.21. The third kappa shape index (κ3) is 2.19. The van der Waals surface area contributed by atoms with Gasteiger partial charge in [0.05, 0.1) is 6.04 Å². The van der Waals surface area contributed by atoms with Crippen molar-refractivity contribution in [2.45, 2.75) is 25.8 Å². The van der Waals surface area contributed by atoms with E-state index in [1.165, 1.54) is 4.68 Å². The average Bonchev–Trinajstić information content (AvgIpc) is 2.46. The number of halogens is 1. The van der Waals surface area contributed by atoms with Crippen molar-refractivity contribution in [1.29, 1.82) is 0 Å². The van der Waals surface area contributed by atoms with Crippen LogP contribution in [0.15, 0.2) is 4.60 Å². The number of hydrogen-bond acceptors (Lipinski definition) is 4. The zero-order chi connectivity index (χ0) is 10.7. The monoisotopic (exact) mass is 260 g/mol. The number of aromatic nitrogens is 3. The molecule has 0 spiro atoms. The van der Waals surface area contributed by atoms with Gasteiger partial charge in [0.1, 0.15) is 5.69 Å². The van der Waals surface area contributed by atoms with Gasteiger partial charge in [-0.3, -0.25) is 4.79 Å². The lowest BCUT2D eigenvalue weighted by atomic mass is 10.1. The van der Waals surface area contributed by atoms with Crippen molar-refractivity contribution in [3.8, 4) is 0 Å². The highest BCUT2D eigenvalue weighted by Gasteiger charge is 2.22. The summed E-state index contributed by atoms with van der Waals surface area (Å²) >= 11 is 3.17. The van der Waals surface area contributed by atoms with E-state index in [-0.39, 0.29) is 5.78 Å². The minimum Gasteiger partial charge on any atom is -0.321 e. The van der Waals surface area contributed by atoms with Crippen LogP contribution >= 0.6 is 15.9 Å². The first-order valence-electron chi connectivity index (χ1n) is 4.42. The quantitative estimate of drug-likeness (QED) is 0.817. The maximum Gasteiger partial charge on any atom is 0.200 e. The molecule has 1 atom stereocenters. The second kappa shape index (κ2) is 4.65. The Balaban J connectivity index is 2.88. The van der Waals surface area contributed by atoms with Crippen LogP contribution in [0.4, 0.5) is 0 Å². The van der Waals surface area contributed by atoms with E-state index in [0.717, 1.165) is 6.42 Å². The summed E-state index contributed by atoms with van der Waals surface area (Å²) in [6.45, 7) is 1.99. The van der Waals surface area contributed by atoms with Gasteiger partial charge >= 0.3 is 0 Å². The number of rotatable bonds is 4. The van der Waals surface area contributed by atoms with Crippen LogP contribution < -0.4 is 5.73 Å². The lowest BCUT2D eigenvalue weighted by molar-refractivity contribution is 0.0946. The minimum absolute atomic E-state index is 0.119. The molecular formula is C8H13BrN4O. The minimum atomic E-state index is -0.464. The SMILES string of the molecule is CCCC(N)C(=O)c1c(Br)nnn1C. The number of ketones is 1. The molecule has 1 aromatic heterocycles. The summed E-state index contributed by atoms with van der Waals surface area (Å²) in [5.74, 6) is -0.119. The molecule has 0 aliphatic heterocycles. The molecular weight excluding hydrogens is 248 g/mol. The van der Waals surface area contributed by atoms with Crippen molar-refractivity contribution in [2.75, 3.05) is 0 Å². The summed E-state index contributed by atoms with van der Waals surface area (Å²) in [5, 5.41) is 7.46. The summed E-state index contributed by atoms with van der Waals surface area (Å²) in [4.78, 5) is 11.8. The third-order valence-corrected chi connectivity index (χ3v) is 2.49. The Morgan fingerprint density at radius 1 is 1.71 bits per heavy atom. The standard InChI is InChI=1S/C8H13BrN4O/c1-3-4-5(10)7(14)6-8(9)11-12-13(6)2/h5H,3-4,10H2,1-2H3. The normalized spacial score (nSPS) is 12.9. The Kier molecular flexibility index (Phi) is 3.77. The second-order valence-corrected chi connectivity index (χ2v) is 3.86. The molecule has 1 unspecified atom stereocenters. The first kappa shape index (κ1) is 11.3. The number of carbonyl (C=O) groups is 1. The number of nitrogens with zero attached hydrogens (tertiary/aromatic N) is 3. The van der Waals surface area contributed by atoms with E-state index in [1.54, 1.807) is 7.05 Å². The van der Waals surface area contributed by atoms with Crippen molar-refractivity contribution in [3.05, 3.63) is 10.3 Å². The molecule has 0 saturated heterocycles. The maximum atomic E-state index is 11.8. The van der Waals surface area contributed by atoms with Crippen LogP contribution in [0.3, 0.4) is 0 Å². The summed E-state index contributed by atoms with van der Waals surface area (Å²) in [6.07, 6.45) is 1.56. The molecule has 2 N–H and O–H groups in total. The Hall–Kier alpha value is -0.750. The first-order chi connectivity index (χ1) is 6.57. The van der Waals surface area contributed by atoms with Gasteiger partial charge in [0, 0.05) is 7.05 Å².